The number of nitrogens with one attached hydrogen (secondary N) is 4. The molecule has 0 bridgehead atoms. The third-order valence-electron chi connectivity index (χ3n) is 0. The molecule has 0 saturated carbocycles. The van der Waals surface area contributed by atoms with Crippen LogP contribution in [0, 0.1) is 0 Å². The summed E-state index contributed by atoms with van der Waals surface area (Å²) in [6.45, 7) is 0. The normalized spacial score (nSPS) is 3.00. The van der Waals surface area contributed by atoms with E-state index in [-0.39, 0.29) is 111 Å². The van der Waals surface area contributed by atoms with E-state index < -0.39 is 0 Å². The van der Waals surface area contributed by atoms with Gasteiger partial charge in [-0.3, -0.25) is 0 Å². The molecule has 0 aromatic heterocycles. The summed E-state index contributed by atoms with van der Waals surface area (Å²) in [5, 5.41) is 0. The van der Waals surface area contributed by atoms with Crippen LogP contribution in [-0.2, 0) is 70.9 Å². The van der Waals surface area contributed by atoms with Crippen molar-refractivity contribution < 1.29 is 105 Å². The van der Waals surface area contributed by atoms with Crippen molar-refractivity contribution in [1.82, 2.24) is 0 Å². The molecular weight excluding hydrogens is 685 g/mol. The number of hydrogen-bond acceptors (Lipinski definition) is 4. The van der Waals surface area contributed by atoms with Gasteiger partial charge in [-0.2, -0.15) is 0 Å². The minimum Gasteiger partial charge on any atom is -1.00 e. The summed E-state index contributed by atoms with van der Waals surface area (Å²) in [7, 11) is 0. The SMILES string of the molecule is [Br-].[Br-].[Hf].[Hf].[NH-]C=O.[NH-]C=O.[NH-]C=O.[NH-]C=O. The third-order valence-corrected chi connectivity index (χ3v) is 0. The monoisotopic (exact) mass is 694 g/mol. The zero-order valence-electron chi connectivity index (χ0n) is 7.70. The van der Waals surface area contributed by atoms with Crippen molar-refractivity contribution in [3.8, 4) is 0 Å². The smallest absolute Gasteiger partial charge is 0.0344 e. The molecule has 0 aliphatic carbocycles. The van der Waals surface area contributed by atoms with Gasteiger partial charge in [-0.25, -0.2) is 0 Å². The second kappa shape index (κ2) is 158. The van der Waals surface area contributed by atoms with Crippen molar-refractivity contribution in [2.24, 2.45) is 0 Å². The maximum atomic E-state index is 8.47. The summed E-state index contributed by atoms with van der Waals surface area (Å²) in [6.07, 6.45) is 0. The Morgan fingerprint density at radius 3 is 0.500 bits per heavy atom. The molecule has 4 amide bonds. The van der Waals surface area contributed by atoms with Gasteiger partial charge < -0.3 is 76.1 Å². The minimum atomic E-state index is 0. The van der Waals surface area contributed by atoms with Crippen LogP contribution in [0.1, 0.15) is 0 Å². The van der Waals surface area contributed by atoms with Gasteiger partial charge in [-0.1, -0.05) is 0 Å². The fourth-order valence-electron chi connectivity index (χ4n) is 0. The molecular formula is C4H8Br2Hf2N4O4-6. The minimum absolute atomic E-state index is 0. The van der Waals surface area contributed by atoms with E-state index in [4.69, 9.17) is 42.1 Å². The first-order valence-electron chi connectivity index (χ1n) is 2.10. The maximum absolute atomic E-state index is 8.47. The number of hydrogen-bond donors (Lipinski definition) is 0. The number of carbonyl (C=O) groups is 4. The maximum Gasteiger partial charge on any atom is 0.0344 e. The van der Waals surface area contributed by atoms with Gasteiger partial charge in [0.15, 0.2) is 0 Å². The first kappa shape index (κ1) is 54.7. The molecule has 0 radical (unpaired) electrons. The Morgan fingerprint density at radius 1 is 0.500 bits per heavy atom. The first-order valence-corrected chi connectivity index (χ1v) is 2.10. The number of halogens is 2. The van der Waals surface area contributed by atoms with E-state index in [1.807, 2.05) is 0 Å². The zero-order valence-corrected chi connectivity index (χ0v) is 18.1. The van der Waals surface area contributed by atoms with Crippen LogP contribution in [0.15, 0.2) is 0 Å². The molecule has 96 valence electrons. The molecule has 0 saturated heterocycles. The zero-order chi connectivity index (χ0) is 10.8. The molecule has 0 spiro atoms. The standard InChI is InChI=1S/4CH3NO.2BrH.2Hf/c4*2-1-3;;;;/h4*1H,(H2,2,3);2*1H;;/p-6. The van der Waals surface area contributed by atoms with Crippen LogP contribution in [0.3, 0.4) is 0 Å². The third kappa shape index (κ3) is 7990. The molecule has 0 aliphatic rings. The predicted octanol–water partition coefficient (Wildman–Crippen LogP) is -5.22. The van der Waals surface area contributed by atoms with E-state index in [1.54, 1.807) is 0 Å². The first-order chi connectivity index (χ1) is 5.66. The summed E-state index contributed by atoms with van der Waals surface area (Å²) < 4.78 is 0. The summed E-state index contributed by atoms with van der Waals surface area (Å²) in [4.78, 5) is 33.9. The summed E-state index contributed by atoms with van der Waals surface area (Å²) >= 11 is 0. The van der Waals surface area contributed by atoms with Gasteiger partial charge in [0.25, 0.3) is 0 Å². The Labute approximate surface area is 152 Å². The van der Waals surface area contributed by atoms with E-state index in [9.17, 15) is 0 Å². The Bertz CT molecular complexity index is 90.0. The molecule has 0 heterocycles. The van der Waals surface area contributed by atoms with Crippen LogP contribution in [0.5, 0.6) is 0 Å². The van der Waals surface area contributed by atoms with Crippen molar-refractivity contribution in [2.75, 3.05) is 0 Å². The average molecular weight is 693 g/mol. The van der Waals surface area contributed by atoms with Crippen LogP contribution < -0.4 is 34.0 Å². The van der Waals surface area contributed by atoms with E-state index in [0.717, 1.165) is 0 Å². The molecule has 0 aromatic carbocycles. The van der Waals surface area contributed by atoms with Crippen LogP contribution in [0.2, 0.25) is 0 Å². The van der Waals surface area contributed by atoms with Gasteiger partial charge in [0.2, 0.25) is 0 Å². The topological polar surface area (TPSA) is 163 Å². The second-order valence-corrected chi connectivity index (χ2v) is 0.471. The molecule has 12 heteroatoms. The predicted molar refractivity (Wildman–Crippen MR) is 41.5 cm³/mol. The Hall–Kier alpha value is 0.580. The van der Waals surface area contributed by atoms with Crippen LogP contribution in [0.25, 0.3) is 22.9 Å². The van der Waals surface area contributed by atoms with Gasteiger partial charge in [0.05, 0.1) is 0 Å². The summed E-state index contributed by atoms with van der Waals surface area (Å²) in [5.74, 6) is 0. The van der Waals surface area contributed by atoms with Crippen LogP contribution >= 0.6 is 0 Å². The van der Waals surface area contributed by atoms with E-state index in [0.29, 0.717) is 0 Å². The van der Waals surface area contributed by atoms with Crippen molar-refractivity contribution in [2.45, 2.75) is 0 Å². The fourth-order valence-corrected chi connectivity index (χ4v) is 0. The summed E-state index contributed by atoms with van der Waals surface area (Å²) in [5.41, 5.74) is 22.1. The molecule has 0 atom stereocenters. The molecule has 8 nitrogen and oxygen atoms in total. The van der Waals surface area contributed by atoms with Gasteiger partial charge in [-0.05, 0) is 0 Å². The average Bonchev–Trinajstić information content (AvgIpc) is 1.92. The van der Waals surface area contributed by atoms with Crippen molar-refractivity contribution in [3.05, 3.63) is 22.9 Å². The molecule has 0 aliphatic heterocycles. The van der Waals surface area contributed by atoms with Crippen molar-refractivity contribution >= 4 is 25.6 Å². The fraction of sp³-hybridized carbons (Fsp3) is 0. The molecule has 0 aromatic rings. The van der Waals surface area contributed by atoms with Gasteiger partial charge in [0.1, 0.15) is 0 Å². The van der Waals surface area contributed by atoms with E-state index in [2.05, 4.69) is 0 Å². The largest absolute Gasteiger partial charge is 1.00 e. The molecule has 16 heavy (non-hydrogen) atoms. The van der Waals surface area contributed by atoms with Gasteiger partial charge >= 0.3 is 0 Å². The van der Waals surface area contributed by atoms with E-state index in [1.165, 1.54) is 0 Å². The number of amides is 4. The summed E-state index contributed by atoms with van der Waals surface area (Å²) in [6, 6.07) is 0. The van der Waals surface area contributed by atoms with Crippen molar-refractivity contribution in [1.29, 1.82) is 0 Å². The van der Waals surface area contributed by atoms with E-state index >= 15 is 0 Å². The molecule has 4 N–H and O–H groups in total. The number of rotatable bonds is 0. The van der Waals surface area contributed by atoms with Crippen LogP contribution in [0.4, 0.5) is 0 Å². The Balaban J connectivity index is -0.00000000821. The van der Waals surface area contributed by atoms with Gasteiger partial charge in [-0.15, -0.1) is 0 Å². The van der Waals surface area contributed by atoms with Crippen molar-refractivity contribution in [3.63, 3.8) is 0 Å². The number of carbonyl (C=O) groups excluding carboxylic acids is 4. The second-order valence-electron chi connectivity index (χ2n) is 0.471. The van der Waals surface area contributed by atoms with Crippen LogP contribution in [-0.4, -0.2) is 25.6 Å². The molecule has 0 unspecified atom stereocenters. The Kier molecular flexibility index (Phi) is 539. The Morgan fingerprint density at radius 2 is 0.500 bits per heavy atom. The quantitative estimate of drug-likeness (QED) is 0.183. The van der Waals surface area contributed by atoms with Gasteiger partial charge in [0, 0.05) is 77.3 Å². The molecule has 0 fully saturated rings. The molecule has 0 rings (SSSR count).